The zero-order valence-corrected chi connectivity index (χ0v) is 11.0. The summed E-state index contributed by atoms with van der Waals surface area (Å²) in [6, 6.07) is 0.948. The lowest BCUT2D eigenvalue weighted by molar-refractivity contribution is 0.120. The van der Waals surface area contributed by atoms with Crippen LogP contribution in [-0.2, 0) is 4.74 Å². The number of likely N-dealkylation sites (tertiary alicyclic amines) is 1. The third kappa shape index (κ3) is 4.78. The van der Waals surface area contributed by atoms with Crippen molar-refractivity contribution in [2.45, 2.75) is 31.3 Å². The highest BCUT2D eigenvalue weighted by atomic mass is 16.5. The third-order valence-electron chi connectivity index (χ3n) is 3.40. The summed E-state index contributed by atoms with van der Waals surface area (Å²) in [7, 11) is 6.06. The minimum Gasteiger partial charge on any atom is -0.385 e. The van der Waals surface area contributed by atoms with Crippen LogP contribution in [0.25, 0.3) is 0 Å². The first kappa shape index (κ1) is 13.9. The molecular formula is C12H27N3O. The van der Waals surface area contributed by atoms with Gasteiger partial charge in [0.25, 0.3) is 0 Å². The van der Waals surface area contributed by atoms with Gasteiger partial charge in [-0.05, 0) is 39.9 Å². The van der Waals surface area contributed by atoms with E-state index in [1.54, 1.807) is 7.11 Å². The molecule has 96 valence electrons. The SMILES string of the molecule is COCCC(N)CN1CCCC(N(C)C)C1. The maximum atomic E-state index is 6.08. The van der Waals surface area contributed by atoms with Crippen LogP contribution < -0.4 is 5.73 Å². The predicted octanol–water partition coefficient (Wildman–Crippen LogP) is 0.376. The molecule has 4 nitrogen and oxygen atoms in total. The van der Waals surface area contributed by atoms with E-state index in [0.29, 0.717) is 6.04 Å². The Morgan fingerprint density at radius 1 is 1.50 bits per heavy atom. The molecular weight excluding hydrogens is 202 g/mol. The Morgan fingerprint density at radius 2 is 2.25 bits per heavy atom. The molecule has 0 aromatic heterocycles. The standard InChI is InChI=1S/C12H27N3O/c1-14(2)12-5-4-7-15(10-12)9-11(13)6-8-16-3/h11-12H,4-10,13H2,1-3H3. The van der Waals surface area contributed by atoms with Gasteiger partial charge in [-0.2, -0.15) is 0 Å². The highest BCUT2D eigenvalue weighted by Crippen LogP contribution is 2.13. The van der Waals surface area contributed by atoms with Crippen LogP contribution in [0.4, 0.5) is 0 Å². The van der Waals surface area contributed by atoms with Crippen LogP contribution in [0, 0.1) is 0 Å². The Bertz CT molecular complexity index is 187. The van der Waals surface area contributed by atoms with Gasteiger partial charge in [0.05, 0.1) is 0 Å². The molecule has 1 aliphatic rings. The van der Waals surface area contributed by atoms with E-state index in [1.165, 1.54) is 19.4 Å². The average molecular weight is 229 g/mol. The van der Waals surface area contributed by atoms with Crippen molar-refractivity contribution in [1.29, 1.82) is 0 Å². The molecule has 0 radical (unpaired) electrons. The fourth-order valence-electron chi connectivity index (χ4n) is 2.31. The smallest absolute Gasteiger partial charge is 0.0477 e. The number of nitrogens with zero attached hydrogens (tertiary/aromatic N) is 2. The second kappa shape index (κ2) is 7.22. The molecule has 0 bridgehead atoms. The Balaban J connectivity index is 2.25. The van der Waals surface area contributed by atoms with Crippen LogP contribution >= 0.6 is 0 Å². The van der Waals surface area contributed by atoms with E-state index in [2.05, 4.69) is 23.9 Å². The second-order valence-electron chi connectivity index (χ2n) is 5.06. The molecule has 0 aliphatic carbocycles. The molecule has 0 aromatic rings. The van der Waals surface area contributed by atoms with Crippen molar-refractivity contribution in [3.8, 4) is 0 Å². The fourth-order valence-corrected chi connectivity index (χ4v) is 2.31. The van der Waals surface area contributed by atoms with E-state index < -0.39 is 0 Å². The summed E-state index contributed by atoms with van der Waals surface area (Å²) in [6.45, 7) is 4.14. The van der Waals surface area contributed by atoms with Crippen LogP contribution in [0.15, 0.2) is 0 Å². The summed E-state index contributed by atoms with van der Waals surface area (Å²) < 4.78 is 5.05. The van der Waals surface area contributed by atoms with E-state index >= 15 is 0 Å². The number of methoxy groups -OCH3 is 1. The highest BCUT2D eigenvalue weighted by Gasteiger charge is 2.22. The van der Waals surface area contributed by atoms with Crippen molar-refractivity contribution >= 4 is 0 Å². The summed E-state index contributed by atoms with van der Waals surface area (Å²) in [5.74, 6) is 0. The van der Waals surface area contributed by atoms with E-state index in [0.717, 1.165) is 26.1 Å². The van der Waals surface area contributed by atoms with Gasteiger partial charge in [0.1, 0.15) is 0 Å². The average Bonchev–Trinajstić information content (AvgIpc) is 2.26. The molecule has 0 amide bonds. The van der Waals surface area contributed by atoms with Gasteiger partial charge >= 0.3 is 0 Å². The second-order valence-corrected chi connectivity index (χ2v) is 5.06. The van der Waals surface area contributed by atoms with Crippen LogP contribution in [0.5, 0.6) is 0 Å². The summed E-state index contributed by atoms with van der Waals surface area (Å²) in [5, 5.41) is 0. The molecule has 0 saturated carbocycles. The van der Waals surface area contributed by atoms with Gasteiger partial charge in [0.15, 0.2) is 0 Å². The number of piperidine rings is 1. The molecule has 2 atom stereocenters. The fraction of sp³-hybridized carbons (Fsp3) is 1.00. The lowest BCUT2D eigenvalue weighted by Crippen LogP contribution is -2.48. The molecule has 16 heavy (non-hydrogen) atoms. The Morgan fingerprint density at radius 3 is 2.88 bits per heavy atom. The predicted molar refractivity (Wildman–Crippen MR) is 67.6 cm³/mol. The van der Waals surface area contributed by atoms with E-state index in [-0.39, 0.29) is 6.04 Å². The molecule has 2 unspecified atom stereocenters. The quantitative estimate of drug-likeness (QED) is 0.715. The first-order valence-electron chi connectivity index (χ1n) is 6.26. The van der Waals surface area contributed by atoms with E-state index in [4.69, 9.17) is 10.5 Å². The molecule has 2 N–H and O–H groups in total. The third-order valence-corrected chi connectivity index (χ3v) is 3.40. The van der Waals surface area contributed by atoms with Crippen molar-refractivity contribution < 1.29 is 4.74 Å². The Labute approximate surface area is 99.7 Å². The van der Waals surface area contributed by atoms with Gasteiger partial charge in [-0.3, -0.25) is 0 Å². The number of hydrogen-bond donors (Lipinski definition) is 1. The van der Waals surface area contributed by atoms with E-state index in [1.807, 2.05) is 0 Å². The molecule has 0 spiro atoms. The maximum Gasteiger partial charge on any atom is 0.0477 e. The number of rotatable bonds is 6. The number of nitrogens with two attached hydrogens (primary N) is 1. The van der Waals surface area contributed by atoms with Gasteiger partial charge in [-0.1, -0.05) is 0 Å². The van der Waals surface area contributed by atoms with Crippen molar-refractivity contribution in [2.24, 2.45) is 5.73 Å². The molecule has 0 aromatic carbocycles. The molecule has 1 saturated heterocycles. The number of likely N-dealkylation sites (N-methyl/N-ethyl adjacent to an activating group) is 1. The monoisotopic (exact) mass is 229 g/mol. The van der Waals surface area contributed by atoms with Crippen LogP contribution in [-0.4, -0.2) is 69.3 Å². The molecule has 1 heterocycles. The first-order chi connectivity index (χ1) is 7.63. The van der Waals surface area contributed by atoms with Crippen molar-refractivity contribution in [2.75, 3.05) is 47.4 Å². The number of ether oxygens (including phenoxy) is 1. The van der Waals surface area contributed by atoms with Crippen molar-refractivity contribution in [3.05, 3.63) is 0 Å². The maximum absolute atomic E-state index is 6.08. The normalized spacial score (nSPS) is 24.9. The Hall–Kier alpha value is -0.160. The molecule has 1 rings (SSSR count). The lowest BCUT2D eigenvalue weighted by atomic mass is 10.0. The Kier molecular flexibility index (Phi) is 6.28. The molecule has 1 fully saturated rings. The lowest BCUT2D eigenvalue weighted by Gasteiger charge is -2.37. The van der Waals surface area contributed by atoms with Gasteiger partial charge in [0.2, 0.25) is 0 Å². The molecule has 1 aliphatic heterocycles. The highest BCUT2D eigenvalue weighted by molar-refractivity contribution is 4.80. The summed E-state index contributed by atoms with van der Waals surface area (Å²) in [4.78, 5) is 4.82. The molecule has 4 heteroatoms. The summed E-state index contributed by atoms with van der Waals surface area (Å²) in [6.07, 6.45) is 3.57. The first-order valence-corrected chi connectivity index (χ1v) is 6.26. The van der Waals surface area contributed by atoms with Crippen molar-refractivity contribution in [1.82, 2.24) is 9.80 Å². The van der Waals surface area contributed by atoms with Crippen LogP contribution in [0.3, 0.4) is 0 Å². The minimum absolute atomic E-state index is 0.251. The minimum atomic E-state index is 0.251. The van der Waals surface area contributed by atoms with Gasteiger partial charge in [0, 0.05) is 38.9 Å². The van der Waals surface area contributed by atoms with E-state index in [9.17, 15) is 0 Å². The van der Waals surface area contributed by atoms with Crippen LogP contribution in [0.1, 0.15) is 19.3 Å². The number of hydrogen-bond acceptors (Lipinski definition) is 4. The van der Waals surface area contributed by atoms with Crippen LogP contribution in [0.2, 0.25) is 0 Å². The van der Waals surface area contributed by atoms with Gasteiger partial charge in [-0.25, -0.2) is 0 Å². The summed E-state index contributed by atoms with van der Waals surface area (Å²) >= 11 is 0. The summed E-state index contributed by atoms with van der Waals surface area (Å²) in [5.41, 5.74) is 6.08. The largest absolute Gasteiger partial charge is 0.385 e. The zero-order valence-electron chi connectivity index (χ0n) is 11.0. The topological polar surface area (TPSA) is 41.7 Å². The van der Waals surface area contributed by atoms with Crippen molar-refractivity contribution in [3.63, 3.8) is 0 Å². The van der Waals surface area contributed by atoms with Gasteiger partial charge < -0.3 is 20.3 Å². The zero-order chi connectivity index (χ0) is 12.0. The van der Waals surface area contributed by atoms with Gasteiger partial charge in [-0.15, -0.1) is 0 Å².